The molecule has 30 heavy (non-hydrogen) atoms. The van der Waals surface area contributed by atoms with Crippen molar-refractivity contribution in [2.45, 2.75) is 52.6 Å². The van der Waals surface area contributed by atoms with Gasteiger partial charge < -0.3 is 15.5 Å². The van der Waals surface area contributed by atoms with Gasteiger partial charge in [0.1, 0.15) is 0 Å². The van der Waals surface area contributed by atoms with Crippen LogP contribution in [-0.4, -0.2) is 37.0 Å². The molecule has 1 saturated heterocycles. The molecule has 1 heterocycles. The molecule has 1 fully saturated rings. The molecule has 2 aromatic carbocycles. The smallest absolute Gasteiger partial charge is 0.253 e. The van der Waals surface area contributed by atoms with E-state index >= 15 is 0 Å². The van der Waals surface area contributed by atoms with Crippen LogP contribution in [0.1, 0.15) is 59.9 Å². The van der Waals surface area contributed by atoms with Gasteiger partial charge in [-0.2, -0.15) is 0 Å². The molecule has 160 valence electrons. The van der Waals surface area contributed by atoms with E-state index in [4.69, 9.17) is 0 Å². The van der Waals surface area contributed by atoms with Crippen LogP contribution < -0.4 is 15.5 Å². The van der Waals surface area contributed by atoms with Gasteiger partial charge in [-0.3, -0.25) is 9.59 Å². The molecule has 5 nitrogen and oxygen atoms in total. The van der Waals surface area contributed by atoms with Crippen LogP contribution in [0.4, 0.5) is 5.69 Å². The first kappa shape index (κ1) is 21.9. The fourth-order valence-electron chi connectivity index (χ4n) is 3.75. The first-order valence-corrected chi connectivity index (χ1v) is 10.9. The predicted octanol–water partition coefficient (Wildman–Crippen LogP) is 4.17. The third-order valence-electron chi connectivity index (χ3n) is 6.07. The molecule has 3 rings (SSSR count). The number of para-hydroxylation sites is 1. The number of anilines is 1. The van der Waals surface area contributed by atoms with Gasteiger partial charge in [0.15, 0.2) is 0 Å². The Morgan fingerprint density at radius 2 is 1.50 bits per heavy atom. The largest absolute Gasteiger partial charge is 0.371 e. The van der Waals surface area contributed by atoms with Crippen molar-refractivity contribution in [1.82, 2.24) is 10.6 Å². The van der Waals surface area contributed by atoms with E-state index in [1.807, 2.05) is 62.4 Å². The maximum Gasteiger partial charge on any atom is 0.253 e. The summed E-state index contributed by atoms with van der Waals surface area (Å²) in [6.45, 7) is 9.82. The molecule has 0 radical (unpaired) electrons. The maximum absolute atomic E-state index is 12.8. The Morgan fingerprint density at radius 3 is 2.13 bits per heavy atom. The van der Waals surface area contributed by atoms with Crippen molar-refractivity contribution in [3.05, 3.63) is 65.2 Å². The third kappa shape index (κ3) is 5.21. The maximum atomic E-state index is 12.8. The first-order chi connectivity index (χ1) is 14.4. The minimum Gasteiger partial charge on any atom is -0.371 e. The third-order valence-corrected chi connectivity index (χ3v) is 6.07. The van der Waals surface area contributed by atoms with E-state index in [2.05, 4.69) is 29.4 Å². The standard InChI is InChI=1S/C25H33N3O2/c1-17(2)19(4)26-25(30)22-11-7-8-12-23(22)28-15-13-20(14-16-28)27-24(29)21-10-6-5-9-18(21)3/h5-12,17,19-20H,13-16H2,1-4H3,(H,26,30)(H,27,29)/t19-/m1/s1. The van der Waals surface area contributed by atoms with Crippen LogP contribution in [0, 0.1) is 12.8 Å². The van der Waals surface area contributed by atoms with Gasteiger partial charge in [0.2, 0.25) is 0 Å². The minimum absolute atomic E-state index is 0.00555. The van der Waals surface area contributed by atoms with Crippen molar-refractivity contribution in [3.8, 4) is 0 Å². The number of amides is 2. The number of hydrogen-bond donors (Lipinski definition) is 2. The van der Waals surface area contributed by atoms with Crippen LogP contribution in [0.3, 0.4) is 0 Å². The summed E-state index contributed by atoms with van der Waals surface area (Å²) in [5.41, 5.74) is 3.41. The molecule has 1 aliphatic rings. The second-order valence-electron chi connectivity index (χ2n) is 8.57. The number of piperidine rings is 1. The number of aryl methyl sites for hydroxylation is 1. The summed E-state index contributed by atoms with van der Waals surface area (Å²) >= 11 is 0. The van der Waals surface area contributed by atoms with Crippen molar-refractivity contribution >= 4 is 17.5 Å². The molecule has 1 aliphatic heterocycles. The van der Waals surface area contributed by atoms with Crippen LogP contribution in [0.2, 0.25) is 0 Å². The number of nitrogens with zero attached hydrogens (tertiary/aromatic N) is 1. The average Bonchev–Trinajstić information content (AvgIpc) is 2.74. The fourth-order valence-corrected chi connectivity index (χ4v) is 3.75. The highest BCUT2D eigenvalue weighted by atomic mass is 16.2. The molecular formula is C25H33N3O2. The minimum atomic E-state index is -0.0261. The fraction of sp³-hybridized carbons (Fsp3) is 0.440. The van der Waals surface area contributed by atoms with Crippen LogP contribution in [-0.2, 0) is 0 Å². The lowest BCUT2D eigenvalue weighted by molar-refractivity contribution is 0.0924. The SMILES string of the molecule is Cc1ccccc1C(=O)NC1CCN(c2ccccc2C(=O)N[C@H](C)C(C)C)CC1. The van der Waals surface area contributed by atoms with Gasteiger partial charge in [0.25, 0.3) is 11.8 Å². The molecule has 1 atom stereocenters. The molecule has 0 aliphatic carbocycles. The number of carbonyl (C=O) groups is 2. The number of nitrogens with one attached hydrogen (secondary N) is 2. The molecule has 0 saturated carbocycles. The molecule has 5 heteroatoms. The zero-order valence-corrected chi connectivity index (χ0v) is 18.4. The number of benzene rings is 2. The van der Waals surface area contributed by atoms with E-state index in [0.717, 1.165) is 42.7 Å². The van der Waals surface area contributed by atoms with E-state index in [0.29, 0.717) is 11.5 Å². The number of hydrogen-bond acceptors (Lipinski definition) is 3. The summed E-state index contributed by atoms with van der Waals surface area (Å²) in [7, 11) is 0. The summed E-state index contributed by atoms with van der Waals surface area (Å²) in [5.74, 6) is 0.351. The van der Waals surface area contributed by atoms with Crippen molar-refractivity contribution in [2.75, 3.05) is 18.0 Å². The Bertz CT molecular complexity index is 885. The molecule has 2 aromatic rings. The van der Waals surface area contributed by atoms with E-state index in [1.165, 1.54) is 0 Å². The average molecular weight is 408 g/mol. The summed E-state index contributed by atoms with van der Waals surface area (Å²) < 4.78 is 0. The van der Waals surface area contributed by atoms with Crippen molar-refractivity contribution in [2.24, 2.45) is 5.92 Å². The molecule has 2 N–H and O–H groups in total. The Morgan fingerprint density at radius 1 is 0.900 bits per heavy atom. The molecule has 2 amide bonds. The summed E-state index contributed by atoms with van der Waals surface area (Å²) in [6.07, 6.45) is 1.71. The van der Waals surface area contributed by atoms with E-state index in [9.17, 15) is 9.59 Å². The number of carbonyl (C=O) groups excluding carboxylic acids is 2. The van der Waals surface area contributed by atoms with Crippen LogP contribution in [0.25, 0.3) is 0 Å². The van der Waals surface area contributed by atoms with Crippen molar-refractivity contribution in [3.63, 3.8) is 0 Å². The Balaban J connectivity index is 1.62. The Labute approximate surface area is 179 Å². The molecule has 0 unspecified atom stereocenters. The van der Waals surface area contributed by atoms with Gasteiger partial charge in [-0.1, -0.05) is 44.2 Å². The molecule has 0 spiro atoms. The van der Waals surface area contributed by atoms with Crippen LogP contribution in [0.5, 0.6) is 0 Å². The van der Waals surface area contributed by atoms with E-state index in [1.54, 1.807) is 0 Å². The topological polar surface area (TPSA) is 61.4 Å². The molecule has 0 aromatic heterocycles. The Hall–Kier alpha value is -2.82. The predicted molar refractivity (Wildman–Crippen MR) is 122 cm³/mol. The lowest BCUT2D eigenvalue weighted by Gasteiger charge is -2.35. The highest BCUT2D eigenvalue weighted by Gasteiger charge is 2.25. The monoisotopic (exact) mass is 407 g/mol. The highest BCUT2D eigenvalue weighted by Crippen LogP contribution is 2.25. The Kier molecular flexibility index (Phi) is 7.14. The number of rotatable bonds is 6. The summed E-state index contributed by atoms with van der Waals surface area (Å²) in [4.78, 5) is 27.7. The van der Waals surface area contributed by atoms with Crippen LogP contribution in [0.15, 0.2) is 48.5 Å². The van der Waals surface area contributed by atoms with Crippen molar-refractivity contribution in [1.29, 1.82) is 0 Å². The van der Waals surface area contributed by atoms with Gasteiger partial charge in [0, 0.05) is 36.4 Å². The van der Waals surface area contributed by atoms with E-state index in [-0.39, 0.29) is 23.9 Å². The van der Waals surface area contributed by atoms with Gasteiger partial charge >= 0.3 is 0 Å². The lowest BCUT2D eigenvalue weighted by Crippen LogP contribution is -2.45. The van der Waals surface area contributed by atoms with E-state index < -0.39 is 0 Å². The second kappa shape index (κ2) is 9.79. The zero-order chi connectivity index (χ0) is 21.7. The van der Waals surface area contributed by atoms with Crippen molar-refractivity contribution < 1.29 is 9.59 Å². The van der Waals surface area contributed by atoms with Crippen LogP contribution >= 0.6 is 0 Å². The quantitative estimate of drug-likeness (QED) is 0.756. The highest BCUT2D eigenvalue weighted by molar-refractivity contribution is 6.00. The van der Waals surface area contributed by atoms with Gasteiger partial charge in [-0.25, -0.2) is 0 Å². The normalized spacial score (nSPS) is 15.7. The molecular weight excluding hydrogens is 374 g/mol. The zero-order valence-electron chi connectivity index (χ0n) is 18.4. The van der Waals surface area contributed by atoms with Gasteiger partial charge in [-0.15, -0.1) is 0 Å². The van der Waals surface area contributed by atoms with Gasteiger partial charge in [0.05, 0.1) is 5.56 Å². The van der Waals surface area contributed by atoms with Gasteiger partial charge in [-0.05, 0) is 56.4 Å². The first-order valence-electron chi connectivity index (χ1n) is 10.9. The summed E-state index contributed by atoms with van der Waals surface area (Å²) in [6, 6.07) is 15.7. The summed E-state index contributed by atoms with van der Waals surface area (Å²) in [5, 5.41) is 6.29. The lowest BCUT2D eigenvalue weighted by atomic mass is 10.0. The molecule has 0 bridgehead atoms. The second-order valence-corrected chi connectivity index (χ2v) is 8.57.